The highest BCUT2D eigenvalue weighted by atomic mass is 19.2. The van der Waals surface area contributed by atoms with Crippen molar-refractivity contribution in [1.82, 2.24) is 10.2 Å². The van der Waals surface area contributed by atoms with Gasteiger partial charge in [-0.05, 0) is 31.5 Å². The third-order valence-corrected chi connectivity index (χ3v) is 4.20. The van der Waals surface area contributed by atoms with Gasteiger partial charge < -0.3 is 10.2 Å². The zero-order valence-corrected chi connectivity index (χ0v) is 12.3. The van der Waals surface area contributed by atoms with Crippen LogP contribution < -0.4 is 5.32 Å². The van der Waals surface area contributed by atoms with Gasteiger partial charge in [-0.1, -0.05) is 32.4 Å². The summed E-state index contributed by atoms with van der Waals surface area (Å²) in [4.78, 5) is 2.35. The van der Waals surface area contributed by atoms with Gasteiger partial charge in [0, 0.05) is 24.7 Å². The molecule has 1 heterocycles. The number of hydrogen-bond acceptors (Lipinski definition) is 2. The molecule has 0 bridgehead atoms. The van der Waals surface area contributed by atoms with Crippen LogP contribution in [-0.4, -0.2) is 31.1 Å². The van der Waals surface area contributed by atoms with Crippen LogP contribution in [0.15, 0.2) is 18.2 Å². The van der Waals surface area contributed by atoms with Gasteiger partial charge in [-0.15, -0.1) is 0 Å². The largest absolute Gasteiger partial charge is 0.309 e. The van der Waals surface area contributed by atoms with Crippen LogP contribution in [0.25, 0.3) is 0 Å². The minimum atomic E-state index is -0.766. The molecule has 20 heavy (non-hydrogen) atoms. The molecule has 0 spiro atoms. The Hall–Kier alpha value is -1.00. The van der Waals surface area contributed by atoms with Crippen LogP contribution in [-0.2, 0) is 0 Å². The van der Waals surface area contributed by atoms with Gasteiger partial charge in [0.05, 0.1) is 0 Å². The first kappa shape index (κ1) is 15.4. The molecule has 2 nitrogen and oxygen atoms in total. The molecule has 1 saturated heterocycles. The van der Waals surface area contributed by atoms with Crippen LogP contribution in [0.3, 0.4) is 0 Å². The summed E-state index contributed by atoms with van der Waals surface area (Å²) in [7, 11) is 0. The van der Waals surface area contributed by atoms with Crippen LogP contribution in [0.4, 0.5) is 8.78 Å². The van der Waals surface area contributed by atoms with Crippen molar-refractivity contribution in [3.63, 3.8) is 0 Å². The molecular formula is C16H24F2N2. The van der Waals surface area contributed by atoms with Crippen LogP contribution in [0.1, 0.15) is 38.3 Å². The van der Waals surface area contributed by atoms with Gasteiger partial charge in [0.2, 0.25) is 0 Å². The number of likely N-dealkylation sites (N-methyl/N-ethyl adjacent to an activating group) is 1. The first-order valence-electron chi connectivity index (χ1n) is 7.55. The third-order valence-electron chi connectivity index (χ3n) is 4.20. The fourth-order valence-electron chi connectivity index (χ4n) is 2.98. The van der Waals surface area contributed by atoms with E-state index in [4.69, 9.17) is 0 Å². The fourth-order valence-corrected chi connectivity index (χ4v) is 2.98. The van der Waals surface area contributed by atoms with E-state index < -0.39 is 11.6 Å². The number of likely N-dealkylation sites (tertiary alicyclic amines) is 1. The summed E-state index contributed by atoms with van der Waals surface area (Å²) in [6.07, 6.45) is 2.40. The van der Waals surface area contributed by atoms with Crippen LogP contribution in [0.5, 0.6) is 0 Å². The first-order chi connectivity index (χ1) is 9.65. The minimum absolute atomic E-state index is 0.147. The Morgan fingerprint density at radius 3 is 2.80 bits per heavy atom. The van der Waals surface area contributed by atoms with Crippen molar-refractivity contribution in [3.05, 3.63) is 35.4 Å². The maximum absolute atomic E-state index is 14.0. The van der Waals surface area contributed by atoms with Gasteiger partial charge in [0.1, 0.15) is 0 Å². The maximum atomic E-state index is 14.0. The van der Waals surface area contributed by atoms with Crippen molar-refractivity contribution < 1.29 is 8.78 Å². The van der Waals surface area contributed by atoms with Crippen LogP contribution in [0, 0.1) is 17.6 Å². The van der Waals surface area contributed by atoms with Gasteiger partial charge in [-0.25, -0.2) is 8.78 Å². The van der Waals surface area contributed by atoms with Gasteiger partial charge in [-0.2, -0.15) is 0 Å². The summed E-state index contributed by atoms with van der Waals surface area (Å²) in [6, 6.07) is 4.28. The number of nitrogens with zero attached hydrogens (tertiary/aromatic N) is 1. The number of halogens is 2. The van der Waals surface area contributed by atoms with E-state index in [-0.39, 0.29) is 6.04 Å². The molecule has 1 aliphatic rings. The number of hydrogen-bond donors (Lipinski definition) is 1. The molecule has 1 aliphatic heterocycles. The Labute approximate surface area is 120 Å². The van der Waals surface area contributed by atoms with Crippen LogP contribution in [0.2, 0.25) is 0 Å². The average Bonchev–Trinajstić information content (AvgIpc) is 2.89. The zero-order valence-electron chi connectivity index (χ0n) is 12.3. The Balaban J connectivity index is 2.09. The van der Waals surface area contributed by atoms with E-state index in [9.17, 15) is 8.78 Å². The number of benzene rings is 1. The van der Waals surface area contributed by atoms with Gasteiger partial charge >= 0.3 is 0 Å². The average molecular weight is 282 g/mol. The van der Waals surface area contributed by atoms with Crippen molar-refractivity contribution in [3.8, 4) is 0 Å². The quantitative estimate of drug-likeness (QED) is 0.861. The molecule has 0 aliphatic carbocycles. The monoisotopic (exact) mass is 282 g/mol. The Kier molecular flexibility index (Phi) is 5.49. The van der Waals surface area contributed by atoms with Crippen molar-refractivity contribution >= 4 is 0 Å². The lowest BCUT2D eigenvalue weighted by molar-refractivity contribution is 0.279. The zero-order chi connectivity index (χ0) is 14.5. The third kappa shape index (κ3) is 3.55. The van der Waals surface area contributed by atoms with E-state index in [1.54, 1.807) is 12.1 Å². The topological polar surface area (TPSA) is 15.3 Å². The van der Waals surface area contributed by atoms with E-state index in [1.165, 1.54) is 18.9 Å². The lowest BCUT2D eigenvalue weighted by Crippen LogP contribution is -2.34. The standard InChI is InChI=1S/C16H24F2N2/c1-3-12-8-9-20(10-12)11-15(19-4-2)13-6-5-7-14(17)16(13)18/h5-7,12,15,19H,3-4,8-11H2,1-2H3. The summed E-state index contributed by atoms with van der Waals surface area (Å²) in [5.41, 5.74) is 0.437. The molecule has 1 N–H and O–H groups in total. The Bertz CT molecular complexity index is 436. The van der Waals surface area contributed by atoms with Crippen molar-refractivity contribution in [2.75, 3.05) is 26.2 Å². The van der Waals surface area contributed by atoms with Crippen molar-refractivity contribution in [2.24, 2.45) is 5.92 Å². The summed E-state index contributed by atoms with van der Waals surface area (Å²) in [5.74, 6) is -0.738. The lowest BCUT2D eigenvalue weighted by Gasteiger charge is -2.25. The summed E-state index contributed by atoms with van der Waals surface area (Å²) in [5, 5.41) is 3.28. The molecule has 2 atom stereocenters. The Morgan fingerprint density at radius 1 is 1.35 bits per heavy atom. The predicted octanol–water partition coefficient (Wildman–Crippen LogP) is 3.35. The second-order valence-corrected chi connectivity index (χ2v) is 5.58. The summed E-state index contributed by atoms with van der Waals surface area (Å²) < 4.78 is 27.4. The van der Waals surface area contributed by atoms with E-state index in [1.807, 2.05) is 6.92 Å². The van der Waals surface area contributed by atoms with Crippen molar-refractivity contribution in [1.29, 1.82) is 0 Å². The molecule has 4 heteroatoms. The highest BCUT2D eigenvalue weighted by Gasteiger charge is 2.25. The Morgan fingerprint density at radius 2 is 2.15 bits per heavy atom. The molecule has 1 aromatic carbocycles. The summed E-state index contributed by atoms with van der Waals surface area (Å²) in [6.45, 7) is 7.80. The molecule has 2 unspecified atom stereocenters. The lowest BCUT2D eigenvalue weighted by atomic mass is 10.0. The smallest absolute Gasteiger partial charge is 0.163 e. The van der Waals surface area contributed by atoms with E-state index >= 15 is 0 Å². The minimum Gasteiger partial charge on any atom is -0.309 e. The SMILES string of the molecule is CCNC(CN1CCC(CC)C1)c1cccc(F)c1F. The molecule has 112 valence electrons. The second kappa shape index (κ2) is 7.14. The molecule has 2 rings (SSSR count). The molecular weight excluding hydrogens is 258 g/mol. The molecule has 0 saturated carbocycles. The highest BCUT2D eigenvalue weighted by molar-refractivity contribution is 5.23. The van der Waals surface area contributed by atoms with Gasteiger partial charge in [0.25, 0.3) is 0 Å². The molecule has 0 amide bonds. The molecule has 0 aromatic heterocycles. The molecule has 1 aromatic rings. The number of nitrogens with one attached hydrogen (secondary N) is 1. The normalized spacial score (nSPS) is 21.3. The molecule has 1 fully saturated rings. The van der Waals surface area contributed by atoms with E-state index in [2.05, 4.69) is 17.1 Å². The number of rotatable bonds is 6. The highest BCUT2D eigenvalue weighted by Crippen LogP contribution is 2.24. The van der Waals surface area contributed by atoms with Gasteiger partial charge in [-0.3, -0.25) is 0 Å². The van der Waals surface area contributed by atoms with E-state index in [0.29, 0.717) is 5.56 Å². The van der Waals surface area contributed by atoms with Crippen molar-refractivity contribution in [2.45, 2.75) is 32.7 Å². The molecule has 0 radical (unpaired) electrons. The van der Waals surface area contributed by atoms with Crippen LogP contribution >= 0.6 is 0 Å². The van der Waals surface area contributed by atoms with Gasteiger partial charge in [0.15, 0.2) is 11.6 Å². The fraction of sp³-hybridized carbons (Fsp3) is 0.625. The predicted molar refractivity (Wildman–Crippen MR) is 77.6 cm³/mol. The van der Waals surface area contributed by atoms with E-state index in [0.717, 1.165) is 32.1 Å². The second-order valence-electron chi connectivity index (χ2n) is 5.58. The first-order valence-corrected chi connectivity index (χ1v) is 7.55. The summed E-state index contributed by atoms with van der Waals surface area (Å²) >= 11 is 0. The maximum Gasteiger partial charge on any atom is 0.163 e.